The Kier molecular flexibility index (Phi) is 4.91. The summed E-state index contributed by atoms with van der Waals surface area (Å²) < 4.78 is 28.8. The number of aromatic nitrogens is 3. The standard InChI is InChI=1S/C15H18ClN5O4S/c1-18-10-12(14(22)19(2)15(18)23)26(24,25)21-8-6-20(7-9-21)13-11(16)4-3-5-17-13/h3-5,10H,6-9H2,1-2H3. The fraction of sp³-hybridized carbons (Fsp3) is 0.400. The Morgan fingerprint density at radius 2 is 1.77 bits per heavy atom. The van der Waals surface area contributed by atoms with Crippen LogP contribution in [0.25, 0.3) is 0 Å². The van der Waals surface area contributed by atoms with E-state index < -0.39 is 26.2 Å². The maximum Gasteiger partial charge on any atom is 0.330 e. The van der Waals surface area contributed by atoms with Crippen molar-refractivity contribution in [2.75, 3.05) is 31.1 Å². The minimum Gasteiger partial charge on any atom is -0.353 e. The Labute approximate surface area is 155 Å². The van der Waals surface area contributed by atoms with Crippen molar-refractivity contribution < 1.29 is 8.42 Å². The van der Waals surface area contributed by atoms with Gasteiger partial charge in [0, 0.05) is 52.7 Å². The van der Waals surface area contributed by atoms with E-state index in [1.54, 1.807) is 18.3 Å². The van der Waals surface area contributed by atoms with Crippen LogP contribution in [0.5, 0.6) is 0 Å². The summed E-state index contributed by atoms with van der Waals surface area (Å²) in [4.78, 5) is 29.7. The number of hydrogen-bond donors (Lipinski definition) is 0. The Morgan fingerprint density at radius 1 is 1.12 bits per heavy atom. The molecule has 0 unspecified atom stereocenters. The van der Waals surface area contributed by atoms with Crippen molar-refractivity contribution in [1.82, 2.24) is 18.4 Å². The molecule has 3 rings (SSSR count). The maximum atomic E-state index is 12.9. The van der Waals surface area contributed by atoms with Gasteiger partial charge in [0.2, 0.25) is 10.0 Å². The SMILES string of the molecule is Cn1cc(S(=O)(=O)N2CCN(c3ncccc3Cl)CC2)c(=O)n(C)c1=O. The van der Waals surface area contributed by atoms with Crippen LogP contribution in [-0.2, 0) is 24.1 Å². The number of rotatable bonds is 3. The molecule has 0 aliphatic carbocycles. The van der Waals surface area contributed by atoms with Crippen LogP contribution >= 0.6 is 11.6 Å². The summed E-state index contributed by atoms with van der Waals surface area (Å²) in [5.41, 5.74) is -1.41. The molecule has 0 amide bonds. The molecule has 0 saturated carbocycles. The molecule has 3 heterocycles. The van der Waals surface area contributed by atoms with Crippen molar-refractivity contribution in [2.45, 2.75) is 4.90 Å². The van der Waals surface area contributed by atoms with Crippen LogP contribution in [0.2, 0.25) is 5.02 Å². The quantitative estimate of drug-likeness (QED) is 0.699. The first-order valence-electron chi connectivity index (χ1n) is 7.86. The zero-order valence-corrected chi connectivity index (χ0v) is 15.9. The summed E-state index contributed by atoms with van der Waals surface area (Å²) in [6.45, 7) is 1.15. The molecule has 0 bridgehead atoms. The van der Waals surface area contributed by atoms with Gasteiger partial charge in [0.15, 0.2) is 4.90 Å². The first-order valence-corrected chi connectivity index (χ1v) is 9.67. The van der Waals surface area contributed by atoms with E-state index in [9.17, 15) is 18.0 Å². The van der Waals surface area contributed by atoms with Gasteiger partial charge in [-0.3, -0.25) is 9.36 Å². The molecule has 0 radical (unpaired) electrons. The van der Waals surface area contributed by atoms with Crippen LogP contribution in [-0.4, -0.2) is 53.0 Å². The van der Waals surface area contributed by atoms with Crippen LogP contribution in [0.4, 0.5) is 5.82 Å². The van der Waals surface area contributed by atoms with Gasteiger partial charge in [0.1, 0.15) is 5.82 Å². The van der Waals surface area contributed by atoms with E-state index >= 15 is 0 Å². The highest BCUT2D eigenvalue weighted by molar-refractivity contribution is 7.89. The van der Waals surface area contributed by atoms with Crippen molar-refractivity contribution in [3.05, 3.63) is 50.4 Å². The third-order valence-corrected chi connectivity index (χ3v) is 6.49. The lowest BCUT2D eigenvalue weighted by molar-refractivity contribution is 0.382. The summed E-state index contributed by atoms with van der Waals surface area (Å²) in [5.74, 6) is 0.601. The Hall–Kier alpha value is -2.17. The maximum absolute atomic E-state index is 12.9. The second kappa shape index (κ2) is 6.86. The van der Waals surface area contributed by atoms with Crippen LogP contribution in [0.3, 0.4) is 0 Å². The summed E-state index contributed by atoms with van der Waals surface area (Å²) in [6, 6.07) is 3.45. The molecule has 1 aliphatic rings. The summed E-state index contributed by atoms with van der Waals surface area (Å²) in [5, 5.41) is 0.496. The molecule has 9 nitrogen and oxygen atoms in total. The topological polar surface area (TPSA) is 97.5 Å². The number of sulfonamides is 1. The second-order valence-corrected chi connectivity index (χ2v) is 8.26. The van der Waals surface area contributed by atoms with Crippen LogP contribution in [0.15, 0.2) is 39.0 Å². The normalized spacial score (nSPS) is 16.0. The zero-order valence-electron chi connectivity index (χ0n) is 14.3. The molecule has 0 N–H and O–H groups in total. The number of piperazine rings is 1. The number of aryl methyl sites for hydroxylation is 1. The van der Waals surface area contributed by atoms with Gasteiger partial charge in [-0.2, -0.15) is 4.31 Å². The number of anilines is 1. The van der Waals surface area contributed by atoms with Crippen molar-refractivity contribution in [2.24, 2.45) is 14.1 Å². The van der Waals surface area contributed by atoms with Crippen molar-refractivity contribution in [3.8, 4) is 0 Å². The summed E-state index contributed by atoms with van der Waals surface area (Å²) >= 11 is 6.14. The molecule has 11 heteroatoms. The van der Waals surface area contributed by atoms with Gasteiger partial charge in [-0.1, -0.05) is 11.6 Å². The van der Waals surface area contributed by atoms with Crippen molar-refractivity contribution >= 4 is 27.4 Å². The summed E-state index contributed by atoms with van der Waals surface area (Å²) in [6.07, 6.45) is 2.69. The monoisotopic (exact) mass is 399 g/mol. The molecule has 26 heavy (non-hydrogen) atoms. The summed E-state index contributed by atoms with van der Waals surface area (Å²) in [7, 11) is -1.35. The molecule has 2 aromatic heterocycles. The lowest BCUT2D eigenvalue weighted by Crippen LogP contribution is -2.50. The average molecular weight is 400 g/mol. The molecular weight excluding hydrogens is 382 g/mol. The smallest absolute Gasteiger partial charge is 0.330 e. The highest BCUT2D eigenvalue weighted by Crippen LogP contribution is 2.24. The lowest BCUT2D eigenvalue weighted by Gasteiger charge is -2.34. The number of nitrogens with zero attached hydrogens (tertiary/aromatic N) is 5. The highest BCUT2D eigenvalue weighted by atomic mass is 35.5. The fourth-order valence-electron chi connectivity index (χ4n) is 2.84. The van der Waals surface area contributed by atoms with E-state index in [-0.39, 0.29) is 13.1 Å². The van der Waals surface area contributed by atoms with E-state index in [4.69, 9.17) is 11.6 Å². The van der Waals surface area contributed by atoms with Gasteiger partial charge in [0.25, 0.3) is 5.56 Å². The lowest BCUT2D eigenvalue weighted by atomic mass is 10.3. The molecule has 1 aliphatic heterocycles. The minimum absolute atomic E-state index is 0.182. The predicted molar refractivity (Wildman–Crippen MR) is 97.1 cm³/mol. The van der Waals surface area contributed by atoms with E-state index in [1.807, 2.05) is 4.90 Å². The first kappa shape index (κ1) is 18.6. The van der Waals surface area contributed by atoms with E-state index in [2.05, 4.69) is 4.98 Å². The molecule has 2 aromatic rings. The molecule has 1 fully saturated rings. The molecule has 0 atom stereocenters. The minimum atomic E-state index is -4.01. The van der Waals surface area contributed by atoms with Crippen molar-refractivity contribution in [1.29, 1.82) is 0 Å². The predicted octanol–water partition coefficient (Wildman–Crippen LogP) is -0.357. The van der Waals surface area contributed by atoms with E-state index in [0.717, 1.165) is 15.3 Å². The van der Waals surface area contributed by atoms with Gasteiger partial charge >= 0.3 is 5.69 Å². The van der Waals surface area contributed by atoms with Crippen molar-refractivity contribution in [3.63, 3.8) is 0 Å². The zero-order chi connectivity index (χ0) is 19.1. The van der Waals surface area contributed by atoms with E-state index in [1.165, 1.54) is 18.4 Å². The molecule has 0 spiro atoms. The average Bonchev–Trinajstić information content (AvgIpc) is 2.63. The third-order valence-electron chi connectivity index (χ3n) is 4.31. The third kappa shape index (κ3) is 3.15. The van der Waals surface area contributed by atoms with Gasteiger partial charge < -0.3 is 9.47 Å². The largest absolute Gasteiger partial charge is 0.353 e. The number of pyridine rings is 1. The molecular formula is C15H18ClN5O4S. The molecule has 1 saturated heterocycles. The number of halogens is 1. The van der Waals surface area contributed by atoms with Gasteiger partial charge in [-0.25, -0.2) is 18.2 Å². The van der Waals surface area contributed by atoms with Gasteiger partial charge in [-0.15, -0.1) is 0 Å². The van der Waals surface area contributed by atoms with Gasteiger partial charge in [-0.05, 0) is 12.1 Å². The highest BCUT2D eigenvalue weighted by Gasteiger charge is 2.32. The Balaban J connectivity index is 1.87. The van der Waals surface area contributed by atoms with Gasteiger partial charge in [0.05, 0.1) is 5.02 Å². The Morgan fingerprint density at radius 3 is 2.38 bits per heavy atom. The Bertz CT molecular complexity index is 1050. The van der Waals surface area contributed by atoms with Crippen LogP contribution in [0.1, 0.15) is 0 Å². The first-order chi connectivity index (χ1) is 12.2. The number of hydrogen-bond acceptors (Lipinski definition) is 6. The molecule has 0 aromatic carbocycles. The van der Waals surface area contributed by atoms with Crippen LogP contribution < -0.4 is 16.1 Å². The van der Waals surface area contributed by atoms with E-state index in [0.29, 0.717) is 23.9 Å². The molecule has 140 valence electrons. The fourth-order valence-corrected chi connectivity index (χ4v) is 4.65. The second-order valence-electron chi connectivity index (χ2n) is 5.95. The van der Waals surface area contributed by atoms with Crippen LogP contribution in [0, 0.1) is 0 Å².